The van der Waals surface area contributed by atoms with E-state index in [1.807, 2.05) is 6.92 Å². The third-order valence-electron chi connectivity index (χ3n) is 2.15. The van der Waals surface area contributed by atoms with Crippen LogP contribution in [0.1, 0.15) is 13.3 Å². The molecule has 0 aromatic heterocycles. The van der Waals surface area contributed by atoms with Crippen molar-refractivity contribution in [3.63, 3.8) is 0 Å². The van der Waals surface area contributed by atoms with E-state index in [1.165, 1.54) is 24.3 Å². The fourth-order valence-corrected chi connectivity index (χ4v) is 1.08. The lowest BCUT2D eigenvalue weighted by molar-refractivity contribution is 0.251. The number of halogens is 1. The first-order valence-electron chi connectivity index (χ1n) is 5.17. The molecular weight excluding hydrogens is 209 g/mol. The summed E-state index contributed by atoms with van der Waals surface area (Å²) < 4.78 is 12.6. The molecule has 1 aromatic rings. The fraction of sp³-hybridized carbons (Fsp3) is 0.364. The van der Waals surface area contributed by atoms with Crippen LogP contribution in [0.2, 0.25) is 0 Å². The van der Waals surface area contributed by atoms with Crippen molar-refractivity contribution in [2.75, 3.05) is 11.9 Å². The van der Waals surface area contributed by atoms with E-state index in [2.05, 4.69) is 10.6 Å². The molecule has 0 saturated heterocycles. The van der Waals surface area contributed by atoms with Gasteiger partial charge in [-0.05, 0) is 30.7 Å². The number of carbonyl (C=O) groups is 1. The van der Waals surface area contributed by atoms with Crippen LogP contribution in [-0.4, -0.2) is 18.6 Å². The van der Waals surface area contributed by atoms with Gasteiger partial charge in [-0.2, -0.15) is 0 Å². The molecule has 0 aliphatic heterocycles. The van der Waals surface area contributed by atoms with Gasteiger partial charge in [0.05, 0.1) is 0 Å². The predicted octanol–water partition coefficient (Wildman–Crippen LogP) is 1.68. The number of benzene rings is 1. The number of nitrogens with two attached hydrogens (primary N) is 1. The maximum atomic E-state index is 12.6. The number of rotatable bonds is 4. The molecule has 4 N–H and O–H groups in total. The molecule has 0 radical (unpaired) electrons. The van der Waals surface area contributed by atoms with E-state index in [4.69, 9.17) is 5.73 Å². The number of amides is 2. The molecule has 0 bridgehead atoms. The molecule has 2 amide bonds. The van der Waals surface area contributed by atoms with Crippen molar-refractivity contribution < 1.29 is 9.18 Å². The minimum atomic E-state index is -0.337. The second-order valence-electron chi connectivity index (χ2n) is 3.51. The van der Waals surface area contributed by atoms with E-state index in [0.29, 0.717) is 12.2 Å². The average molecular weight is 225 g/mol. The smallest absolute Gasteiger partial charge is 0.319 e. The van der Waals surface area contributed by atoms with Gasteiger partial charge in [-0.1, -0.05) is 6.92 Å². The third kappa shape index (κ3) is 4.27. The second kappa shape index (κ2) is 6.07. The Kier molecular flexibility index (Phi) is 4.72. The molecule has 0 aliphatic carbocycles. The summed E-state index contributed by atoms with van der Waals surface area (Å²) in [5, 5.41) is 5.20. The molecular formula is C11H16FN3O. The van der Waals surface area contributed by atoms with Crippen molar-refractivity contribution in [2.45, 2.75) is 19.4 Å². The first-order valence-corrected chi connectivity index (χ1v) is 5.17. The summed E-state index contributed by atoms with van der Waals surface area (Å²) in [4.78, 5) is 11.3. The van der Waals surface area contributed by atoms with E-state index in [-0.39, 0.29) is 17.9 Å². The monoisotopic (exact) mass is 225 g/mol. The molecule has 5 heteroatoms. The molecule has 0 spiro atoms. The second-order valence-corrected chi connectivity index (χ2v) is 3.51. The number of hydrogen-bond donors (Lipinski definition) is 3. The molecule has 88 valence electrons. The van der Waals surface area contributed by atoms with Gasteiger partial charge >= 0.3 is 6.03 Å². The van der Waals surface area contributed by atoms with Gasteiger partial charge in [0, 0.05) is 18.3 Å². The lowest BCUT2D eigenvalue weighted by Gasteiger charge is -2.11. The molecule has 1 aromatic carbocycles. The Morgan fingerprint density at radius 2 is 2.06 bits per heavy atom. The lowest BCUT2D eigenvalue weighted by Crippen LogP contribution is -2.38. The number of nitrogens with one attached hydrogen (secondary N) is 2. The number of urea groups is 1. The SMILES string of the molecule is CCC(N)CNC(=O)Nc1ccc(F)cc1. The zero-order valence-corrected chi connectivity index (χ0v) is 9.16. The van der Waals surface area contributed by atoms with Crippen LogP contribution in [0.25, 0.3) is 0 Å². The minimum Gasteiger partial charge on any atom is -0.336 e. The van der Waals surface area contributed by atoms with Gasteiger partial charge in [0.15, 0.2) is 0 Å². The molecule has 0 fully saturated rings. The Labute approximate surface area is 94.0 Å². The van der Waals surface area contributed by atoms with Crippen molar-refractivity contribution in [3.8, 4) is 0 Å². The molecule has 4 nitrogen and oxygen atoms in total. The van der Waals surface area contributed by atoms with E-state index >= 15 is 0 Å². The first-order chi connectivity index (χ1) is 7.61. The van der Waals surface area contributed by atoms with Gasteiger partial charge in [-0.3, -0.25) is 0 Å². The predicted molar refractivity (Wildman–Crippen MR) is 61.7 cm³/mol. The Morgan fingerprint density at radius 1 is 1.44 bits per heavy atom. The highest BCUT2D eigenvalue weighted by atomic mass is 19.1. The summed E-state index contributed by atoms with van der Waals surface area (Å²) in [7, 11) is 0. The molecule has 1 unspecified atom stereocenters. The molecule has 1 rings (SSSR count). The highest BCUT2D eigenvalue weighted by molar-refractivity contribution is 5.89. The van der Waals surface area contributed by atoms with Gasteiger partial charge in [-0.25, -0.2) is 9.18 Å². The van der Waals surface area contributed by atoms with E-state index in [0.717, 1.165) is 6.42 Å². The van der Waals surface area contributed by atoms with Crippen molar-refractivity contribution >= 4 is 11.7 Å². The Bertz CT molecular complexity index is 340. The van der Waals surface area contributed by atoms with Crippen molar-refractivity contribution in [3.05, 3.63) is 30.1 Å². The topological polar surface area (TPSA) is 67.1 Å². The zero-order chi connectivity index (χ0) is 12.0. The van der Waals surface area contributed by atoms with Crippen LogP contribution in [-0.2, 0) is 0 Å². The molecule has 1 atom stereocenters. The van der Waals surface area contributed by atoms with Gasteiger partial charge in [-0.15, -0.1) is 0 Å². The van der Waals surface area contributed by atoms with Gasteiger partial charge in [0.1, 0.15) is 5.82 Å². The Balaban J connectivity index is 2.37. The van der Waals surface area contributed by atoms with Crippen LogP contribution in [0.15, 0.2) is 24.3 Å². The quantitative estimate of drug-likeness (QED) is 0.729. The third-order valence-corrected chi connectivity index (χ3v) is 2.15. The van der Waals surface area contributed by atoms with Crippen molar-refractivity contribution in [1.82, 2.24) is 5.32 Å². The Hall–Kier alpha value is -1.62. The number of anilines is 1. The van der Waals surface area contributed by atoms with Crippen LogP contribution in [0.5, 0.6) is 0 Å². The lowest BCUT2D eigenvalue weighted by atomic mass is 10.2. The summed E-state index contributed by atoms with van der Waals surface area (Å²) in [5.41, 5.74) is 6.19. The minimum absolute atomic E-state index is 0.0426. The summed E-state index contributed by atoms with van der Waals surface area (Å²) in [5.74, 6) is -0.334. The largest absolute Gasteiger partial charge is 0.336 e. The maximum Gasteiger partial charge on any atom is 0.319 e. The molecule has 0 aliphatic rings. The standard InChI is InChI=1S/C11H16FN3O/c1-2-9(13)7-14-11(16)15-10-5-3-8(12)4-6-10/h3-6,9H,2,7,13H2,1H3,(H2,14,15,16). The summed E-state index contributed by atoms with van der Waals surface area (Å²) in [6.07, 6.45) is 0.802. The zero-order valence-electron chi connectivity index (χ0n) is 9.16. The van der Waals surface area contributed by atoms with Crippen molar-refractivity contribution in [1.29, 1.82) is 0 Å². The Morgan fingerprint density at radius 3 is 2.62 bits per heavy atom. The van der Waals surface area contributed by atoms with Crippen LogP contribution < -0.4 is 16.4 Å². The summed E-state index contributed by atoms with van der Waals surface area (Å²) in [6, 6.07) is 5.18. The maximum absolute atomic E-state index is 12.6. The van der Waals surface area contributed by atoms with E-state index < -0.39 is 0 Å². The molecule has 16 heavy (non-hydrogen) atoms. The van der Waals surface area contributed by atoms with E-state index in [9.17, 15) is 9.18 Å². The van der Waals surface area contributed by atoms with Crippen LogP contribution >= 0.6 is 0 Å². The highest BCUT2D eigenvalue weighted by Crippen LogP contribution is 2.07. The number of hydrogen-bond acceptors (Lipinski definition) is 2. The average Bonchev–Trinajstić information content (AvgIpc) is 2.29. The van der Waals surface area contributed by atoms with Gasteiger partial charge in [0.25, 0.3) is 0 Å². The van der Waals surface area contributed by atoms with Crippen LogP contribution in [0, 0.1) is 5.82 Å². The van der Waals surface area contributed by atoms with Gasteiger partial charge in [0.2, 0.25) is 0 Å². The summed E-state index contributed by atoms with van der Waals surface area (Å²) in [6.45, 7) is 2.37. The van der Waals surface area contributed by atoms with Crippen LogP contribution in [0.3, 0.4) is 0 Å². The summed E-state index contributed by atoms with van der Waals surface area (Å²) >= 11 is 0. The van der Waals surface area contributed by atoms with Gasteiger partial charge < -0.3 is 16.4 Å². The highest BCUT2D eigenvalue weighted by Gasteiger charge is 2.03. The normalized spacial score (nSPS) is 11.9. The molecule has 0 heterocycles. The number of carbonyl (C=O) groups excluding carboxylic acids is 1. The molecule has 0 saturated carbocycles. The first kappa shape index (κ1) is 12.4. The van der Waals surface area contributed by atoms with E-state index in [1.54, 1.807) is 0 Å². The fourth-order valence-electron chi connectivity index (χ4n) is 1.08. The van der Waals surface area contributed by atoms with Crippen molar-refractivity contribution in [2.24, 2.45) is 5.73 Å². The van der Waals surface area contributed by atoms with Crippen LogP contribution in [0.4, 0.5) is 14.9 Å².